The summed E-state index contributed by atoms with van der Waals surface area (Å²) in [5, 5.41) is 3.45. The molecule has 3 aromatic carbocycles. The average Bonchev–Trinajstić information content (AvgIpc) is 2.79. The van der Waals surface area contributed by atoms with Crippen molar-refractivity contribution in [3.63, 3.8) is 0 Å². The summed E-state index contributed by atoms with van der Waals surface area (Å²) in [5.41, 5.74) is 2.34. The molecule has 0 saturated heterocycles. The van der Waals surface area contributed by atoms with Crippen molar-refractivity contribution in [2.75, 3.05) is 24.5 Å². The minimum Gasteiger partial charge on any atom is -0.497 e. The van der Waals surface area contributed by atoms with Crippen molar-refractivity contribution in [3.8, 4) is 5.75 Å². The zero-order valence-electron chi connectivity index (χ0n) is 17.9. The maximum atomic E-state index is 13.4. The SMILES string of the molecule is COc1ccc(N(CC(=O)NCCc2ccc(Cl)cc2)S(=O)(=O)c2ccc(C)cc2)cc1. The van der Waals surface area contributed by atoms with Crippen molar-refractivity contribution in [2.24, 2.45) is 0 Å². The van der Waals surface area contributed by atoms with Crippen LogP contribution < -0.4 is 14.4 Å². The van der Waals surface area contributed by atoms with E-state index in [1.54, 1.807) is 60.7 Å². The fourth-order valence-corrected chi connectivity index (χ4v) is 4.63. The lowest BCUT2D eigenvalue weighted by Gasteiger charge is -2.24. The van der Waals surface area contributed by atoms with E-state index in [9.17, 15) is 13.2 Å². The number of aryl methyl sites for hydroxylation is 1. The first kappa shape index (κ1) is 23.6. The van der Waals surface area contributed by atoms with Crippen LogP contribution in [0, 0.1) is 6.92 Å². The molecule has 0 aliphatic carbocycles. The normalized spacial score (nSPS) is 11.1. The fraction of sp³-hybridized carbons (Fsp3) is 0.208. The van der Waals surface area contributed by atoms with Crippen LogP contribution in [0.3, 0.4) is 0 Å². The van der Waals surface area contributed by atoms with Crippen LogP contribution in [0.4, 0.5) is 5.69 Å². The third kappa shape index (κ3) is 6.02. The number of benzene rings is 3. The maximum absolute atomic E-state index is 13.4. The average molecular weight is 473 g/mol. The van der Waals surface area contributed by atoms with Crippen LogP contribution in [0.1, 0.15) is 11.1 Å². The molecule has 6 nitrogen and oxygen atoms in total. The molecule has 0 aliphatic rings. The van der Waals surface area contributed by atoms with Gasteiger partial charge >= 0.3 is 0 Å². The van der Waals surface area contributed by atoms with Crippen molar-refractivity contribution in [1.82, 2.24) is 5.32 Å². The number of nitrogens with zero attached hydrogens (tertiary/aromatic N) is 1. The molecule has 0 atom stereocenters. The molecule has 1 N–H and O–H groups in total. The number of sulfonamides is 1. The lowest BCUT2D eigenvalue weighted by Crippen LogP contribution is -2.41. The first-order valence-electron chi connectivity index (χ1n) is 10.0. The maximum Gasteiger partial charge on any atom is 0.264 e. The zero-order valence-corrected chi connectivity index (χ0v) is 19.5. The van der Waals surface area contributed by atoms with Gasteiger partial charge in [0.1, 0.15) is 12.3 Å². The zero-order chi connectivity index (χ0) is 23.1. The third-order valence-electron chi connectivity index (χ3n) is 4.91. The summed E-state index contributed by atoms with van der Waals surface area (Å²) in [6.07, 6.45) is 0.607. The quantitative estimate of drug-likeness (QED) is 0.506. The molecule has 0 saturated carbocycles. The first-order chi connectivity index (χ1) is 15.3. The van der Waals surface area contributed by atoms with E-state index < -0.39 is 15.9 Å². The van der Waals surface area contributed by atoms with Gasteiger partial charge in [0.05, 0.1) is 17.7 Å². The summed E-state index contributed by atoms with van der Waals surface area (Å²) in [6, 6.07) is 20.4. The van der Waals surface area contributed by atoms with Gasteiger partial charge in [-0.25, -0.2) is 8.42 Å². The highest BCUT2D eigenvalue weighted by Gasteiger charge is 2.27. The van der Waals surface area contributed by atoms with E-state index in [1.165, 1.54) is 7.11 Å². The van der Waals surface area contributed by atoms with Crippen molar-refractivity contribution >= 4 is 33.2 Å². The number of rotatable bonds is 9. The summed E-state index contributed by atoms with van der Waals surface area (Å²) >= 11 is 5.89. The molecule has 0 spiro atoms. The summed E-state index contributed by atoms with van der Waals surface area (Å²) < 4.78 is 33.0. The lowest BCUT2D eigenvalue weighted by atomic mass is 10.1. The van der Waals surface area contributed by atoms with E-state index in [1.807, 2.05) is 19.1 Å². The molecule has 1 amide bonds. The van der Waals surface area contributed by atoms with Crippen LogP contribution in [-0.4, -0.2) is 34.5 Å². The molecule has 0 aliphatic heterocycles. The van der Waals surface area contributed by atoms with E-state index in [0.29, 0.717) is 29.4 Å². The van der Waals surface area contributed by atoms with Crippen LogP contribution in [0.15, 0.2) is 77.7 Å². The van der Waals surface area contributed by atoms with Crippen LogP contribution in [-0.2, 0) is 21.2 Å². The number of halogens is 1. The van der Waals surface area contributed by atoms with Crippen molar-refractivity contribution in [2.45, 2.75) is 18.2 Å². The number of carbonyl (C=O) groups is 1. The van der Waals surface area contributed by atoms with Crippen LogP contribution in [0.25, 0.3) is 0 Å². The number of hydrogen-bond acceptors (Lipinski definition) is 4. The molecule has 0 unspecified atom stereocenters. The Bertz CT molecular complexity index is 1150. The Hall–Kier alpha value is -3.03. The van der Waals surface area contributed by atoms with Gasteiger partial charge in [-0.15, -0.1) is 0 Å². The van der Waals surface area contributed by atoms with Gasteiger partial charge in [0, 0.05) is 11.6 Å². The monoisotopic (exact) mass is 472 g/mol. The molecule has 0 aromatic heterocycles. The van der Waals surface area contributed by atoms with Crippen LogP contribution >= 0.6 is 11.6 Å². The predicted octanol–water partition coefficient (Wildman–Crippen LogP) is 4.21. The van der Waals surface area contributed by atoms with Gasteiger partial charge < -0.3 is 10.1 Å². The lowest BCUT2D eigenvalue weighted by molar-refractivity contribution is -0.119. The second kappa shape index (κ2) is 10.5. The van der Waals surface area contributed by atoms with Gasteiger partial charge in [0.15, 0.2) is 0 Å². The summed E-state index contributed by atoms with van der Waals surface area (Å²) in [5.74, 6) is 0.194. The van der Waals surface area contributed by atoms with Crippen molar-refractivity contribution in [1.29, 1.82) is 0 Å². The molecule has 8 heteroatoms. The highest BCUT2D eigenvalue weighted by Crippen LogP contribution is 2.26. The Morgan fingerprint density at radius 3 is 2.19 bits per heavy atom. The van der Waals surface area contributed by atoms with E-state index >= 15 is 0 Å². The molecule has 0 radical (unpaired) electrons. The van der Waals surface area contributed by atoms with Gasteiger partial charge in [-0.3, -0.25) is 9.10 Å². The van der Waals surface area contributed by atoms with E-state index in [2.05, 4.69) is 5.32 Å². The molecule has 3 aromatic rings. The topological polar surface area (TPSA) is 75.7 Å². The van der Waals surface area contributed by atoms with Crippen molar-refractivity contribution < 1.29 is 17.9 Å². The van der Waals surface area contributed by atoms with Gasteiger partial charge in [0.2, 0.25) is 5.91 Å². The molecule has 0 bridgehead atoms. The molecule has 3 rings (SSSR count). The molecule has 168 valence electrons. The highest BCUT2D eigenvalue weighted by molar-refractivity contribution is 7.92. The Morgan fingerprint density at radius 2 is 1.59 bits per heavy atom. The number of amides is 1. The molecule has 32 heavy (non-hydrogen) atoms. The van der Waals surface area contributed by atoms with Crippen LogP contribution in [0.5, 0.6) is 5.75 Å². The minimum atomic E-state index is -3.95. The number of ether oxygens (including phenoxy) is 1. The Labute approximate surface area is 193 Å². The number of carbonyl (C=O) groups excluding carboxylic acids is 1. The molecule has 0 heterocycles. The number of hydrogen-bond donors (Lipinski definition) is 1. The summed E-state index contributed by atoms with van der Waals surface area (Å²) in [7, 11) is -2.42. The second-order valence-corrected chi connectivity index (χ2v) is 9.55. The van der Waals surface area contributed by atoms with E-state index in [-0.39, 0.29) is 11.4 Å². The fourth-order valence-electron chi connectivity index (χ4n) is 3.08. The van der Waals surface area contributed by atoms with Gasteiger partial charge in [-0.2, -0.15) is 0 Å². The molecule has 0 fully saturated rings. The largest absolute Gasteiger partial charge is 0.497 e. The van der Waals surface area contributed by atoms with E-state index in [0.717, 1.165) is 15.4 Å². The number of anilines is 1. The number of methoxy groups -OCH3 is 1. The van der Waals surface area contributed by atoms with Crippen LogP contribution in [0.2, 0.25) is 5.02 Å². The minimum absolute atomic E-state index is 0.118. The predicted molar refractivity (Wildman–Crippen MR) is 127 cm³/mol. The Morgan fingerprint density at radius 1 is 0.969 bits per heavy atom. The summed E-state index contributed by atoms with van der Waals surface area (Å²) in [4.78, 5) is 12.8. The summed E-state index contributed by atoms with van der Waals surface area (Å²) in [6.45, 7) is 1.91. The third-order valence-corrected chi connectivity index (χ3v) is 6.95. The smallest absolute Gasteiger partial charge is 0.264 e. The standard InChI is InChI=1S/C24H25ClN2O4S/c1-18-3-13-23(14-4-18)32(29,30)27(21-9-11-22(31-2)12-10-21)17-24(28)26-16-15-19-5-7-20(25)8-6-19/h3-14H,15-17H2,1-2H3,(H,26,28). The first-order valence-corrected chi connectivity index (χ1v) is 11.9. The van der Waals surface area contributed by atoms with E-state index in [4.69, 9.17) is 16.3 Å². The van der Waals surface area contributed by atoms with Gasteiger partial charge in [-0.1, -0.05) is 41.4 Å². The second-order valence-electron chi connectivity index (χ2n) is 7.25. The molecular weight excluding hydrogens is 448 g/mol. The van der Waals surface area contributed by atoms with Gasteiger partial charge in [-0.05, 0) is 67.4 Å². The Balaban J connectivity index is 1.77. The number of nitrogens with one attached hydrogen (secondary N) is 1. The highest BCUT2D eigenvalue weighted by atomic mass is 35.5. The van der Waals surface area contributed by atoms with Gasteiger partial charge in [0.25, 0.3) is 10.0 Å². The Kier molecular flexibility index (Phi) is 7.77. The van der Waals surface area contributed by atoms with Crippen molar-refractivity contribution in [3.05, 3.63) is 88.9 Å². The molecular formula is C24H25ClN2O4S.